The number of ether oxygens (including phenoxy) is 2. The van der Waals surface area contributed by atoms with Crippen molar-refractivity contribution in [3.8, 4) is 0 Å². The summed E-state index contributed by atoms with van der Waals surface area (Å²) in [7, 11) is 3.92. The van der Waals surface area contributed by atoms with Crippen molar-refractivity contribution in [1.82, 2.24) is 10.2 Å². The van der Waals surface area contributed by atoms with Gasteiger partial charge in [0.05, 0.1) is 13.2 Å². The molecule has 0 aromatic carbocycles. The molecular formula is C14H30N2O2. The molecule has 4 nitrogen and oxygen atoms in total. The summed E-state index contributed by atoms with van der Waals surface area (Å²) >= 11 is 0. The molecule has 1 heterocycles. The molecule has 108 valence electrons. The van der Waals surface area contributed by atoms with Gasteiger partial charge in [-0.1, -0.05) is 0 Å². The minimum atomic E-state index is 0.637. The quantitative estimate of drug-likeness (QED) is 0.633. The van der Waals surface area contributed by atoms with Gasteiger partial charge in [0, 0.05) is 19.8 Å². The van der Waals surface area contributed by atoms with Crippen LogP contribution in [0.5, 0.6) is 0 Å². The zero-order valence-corrected chi connectivity index (χ0v) is 12.3. The molecule has 1 N–H and O–H groups in total. The second-order valence-electron chi connectivity index (χ2n) is 5.34. The third kappa shape index (κ3) is 6.69. The molecule has 0 bridgehead atoms. The number of nitrogens with zero attached hydrogens (tertiary/aromatic N) is 1. The monoisotopic (exact) mass is 258 g/mol. The molecule has 1 fully saturated rings. The Balaban J connectivity index is 1.95. The molecule has 0 aromatic rings. The molecule has 4 heteroatoms. The number of rotatable bonds is 9. The van der Waals surface area contributed by atoms with Gasteiger partial charge in [0.2, 0.25) is 0 Å². The minimum Gasteiger partial charge on any atom is -0.382 e. The standard InChI is InChI=1S/C14H30N2O2/c1-13(14-5-8-16(2)9-6-14)15-7-4-10-18-12-11-17-3/h13-15H,4-12H2,1-3H3. The fourth-order valence-corrected chi connectivity index (χ4v) is 2.44. The van der Waals surface area contributed by atoms with Crippen LogP contribution in [0.15, 0.2) is 0 Å². The van der Waals surface area contributed by atoms with E-state index in [1.807, 2.05) is 0 Å². The van der Waals surface area contributed by atoms with Crippen LogP contribution in [-0.4, -0.2) is 64.6 Å². The van der Waals surface area contributed by atoms with E-state index in [1.54, 1.807) is 7.11 Å². The molecule has 1 aliphatic rings. The van der Waals surface area contributed by atoms with Crippen molar-refractivity contribution < 1.29 is 9.47 Å². The average Bonchev–Trinajstić information content (AvgIpc) is 2.38. The molecule has 0 saturated carbocycles. The van der Waals surface area contributed by atoms with E-state index in [-0.39, 0.29) is 0 Å². The van der Waals surface area contributed by atoms with E-state index < -0.39 is 0 Å². The molecule has 0 radical (unpaired) electrons. The predicted molar refractivity (Wildman–Crippen MR) is 75.0 cm³/mol. The Hall–Kier alpha value is -0.160. The molecule has 0 aromatic heterocycles. The third-order valence-corrected chi connectivity index (χ3v) is 3.83. The number of nitrogens with one attached hydrogen (secondary N) is 1. The van der Waals surface area contributed by atoms with Crippen molar-refractivity contribution in [3.05, 3.63) is 0 Å². The van der Waals surface area contributed by atoms with Crippen molar-refractivity contribution >= 4 is 0 Å². The minimum absolute atomic E-state index is 0.637. The van der Waals surface area contributed by atoms with Crippen LogP contribution in [0.2, 0.25) is 0 Å². The first-order valence-corrected chi connectivity index (χ1v) is 7.22. The zero-order chi connectivity index (χ0) is 13.2. The second kappa shape index (κ2) is 9.73. The first-order chi connectivity index (χ1) is 8.74. The van der Waals surface area contributed by atoms with Gasteiger partial charge >= 0.3 is 0 Å². The third-order valence-electron chi connectivity index (χ3n) is 3.83. The van der Waals surface area contributed by atoms with Crippen molar-refractivity contribution in [1.29, 1.82) is 0 Å². The Bertz CT molecular complexity index is 194. The summed E-state index contributed by atoms with van der Waals surface area (Å²) in [5.41, 5.74) is 0. The molecule has 1 atom stereocenters. The van der Waals surface area contributed by atoms with Crippen LogP contribution in [0.1, 0.15) is 26.2 Å². The summed E-state index contributed by atoms with van der Waals surface area (Å²) in [6.07, 6.45) is 3.74. The van der Waals surface area contributed by atoms with Crippen LogP contribution in [0.25, 0.3) is 0 Å². The van der Waals surface area contributed by atoms with Crippen molar-refractivity contribution in [2.75, 3.05) is 53.6 Å². The SMILES string of the molecule is COCCOCCCNC(C)C1CCN(C)CC1. The number of hydrogen-bond acceptors (Lipinski definition) is 4. The maximum atomic E-state index is 5.44. The fourth-order valence-electron chi connectivity index (χ4n) is 2.44. The van der Waals surface area contributed by atoms with E-state index >= 15 is 0 Å². The van der Waals surface area contributed by atoms with Gasteiger partial charge in [0.25, 0.3) is 0 Å². The van der Waals surface area contributed by atoms with E-state index in [2.05, 4.69) is 24.2 Å². The lowest BCUT2D eigenvalue weighted by atomic mass is 9.90. The maximum Gasteiger partial charge on any atom is 0.0700 e. The van der Waals surface area contributed by atoms with Crippen molar-refractivity contribution in [2.45, 2.75) is 32.2 Å². The van der Waals surface area contributed by atoms with Crippen molar-refractivity contribution in [2.24, 2.45) is 5.92 Å². The van der Waals surface area contributed by atoms with Gasteiger partial charge in [-0.15, -0.1) is 0 Å². The summed E-state index contributed by atoms with van der Waals surface area (Å²) in [6.45, 7) is 8.10. The van der Waals surface area contributed by atoms with Gasteiger partial charge in [0.1, 0.15) is 0 Å². The van der Waals surface area contributed by atoms with Crippen LogP contribution in [0, 0.1) is 5.92 Å². The van der Waals surface area contributed by atoms with Crippen LogP contribution >= 0.6 is 0 Å². The lowest BCUT2D eigenvalue weighted by molar-refractivity contribution is 0.0688. The van der Waals surface area contributed by atoms with Crippen LogP contribution in [-0.2, 0) is 9.47 Å². The van der Waals surface area contributed by atoms with Crippen molar-refractivity contribution in [3.63, 3.8) is 0 Å². The summed E-state index contributed by atoms with van der Waals surface area (Å²) < 4.78 is 10.4. The first kappa shape index (κ1) is 15.9. The van der Waals surface area contributed by atoms with E-state index in [0.29, 0.717) is 19.3 Å². The molecule has 1 aliphatic heterocycles. The van der Waals surface area contributed by atoms with Gasteiger partial charge < -0.3 is 19.7 Å². The number of likely N-dealkylation sites (tertiary alicyclic amines) is 1. The van der Waals surface area contributed by atoms with Crippen LogP contribution in [0.3, 0.4) is 0 Å². The molecule has 1 rings (SSSR count). The molecule has 0 spiro atoms. The smallest absolute Gasteiger partial charge is 0.0700 e. The van der Waals surface area contributed by atoms with Gasteiger partial charge in [-0.05, 0) is 58.8 Å². The lowest BCUT2D eigenvalue weighted by Crippen LogP contribution is -2.41. The summed E-state index contributed by atoms with van der Waals surface area (Å²) in [4.78, 5) is 2.42. The molecular weight excluding hydrogens is 228 g/mol. The van der Waals surface area contributed by atoms with E-state index in [4.69, 9.17) is 9.47 Å². The van der Waals surface area contributed by atoms with Crippen LogP contribution < -0.4 is 5.32 Å². The number of hydrogen-bond donors (Lipinski definition) is 1. The summed E-state index contributed by atoms with van der Waals surface area (Å²) in [5.74, 6) is 0.843. The second-order valence-corrected chi connectivity index (χ2v) is 5.34. The van der Waals surface area contributed by atoms with E-state index in [1.165, 1.54) is 25.9 Å². The number of methoxy groups -OCH3 is 1. The fraction of sp³-hybridized carbons (Fsp3) is 1.00. The van der Waals surface area contributed by atoms with Crippen LogP contribution in [0.4, 0.5) is 0 Å². The lowest BCUT2D eigenvalue weighted by Gasteiger charge is -2.33. The normalized spacial score (nSPS) is 20.2. The Kier molecular flexibility index (Phi) is 8.59. The molecule has 0 amide bonds. The average molecular weight is 258 g/mol. The highest BCUT2D eigenvalue weighted by molar-refractivity contribution is 4.78. The largest absolute Gasteiger partial charge is 0.382 e. The van der Waals surface area contributed by atoms with E-state index in [0.717, 1.165) is 25.5 Å². The Morgan fingerprint density at radius 2 is 1.94 bits per heavy atom. The highest BCUT2D eigenvalue weighted by atomic mass is 16.5. The Morgan fingerprint density at radius 1 is 1.22 bits per heavy atom. The topological polar surface area (TPSA) is 33.7 Å². The highest BCUT2D eigenvalue weighted by Crippen LogP contribution is 2.19. The highest BCUT2D eigenvalue weighted by Gasteiger charge is 2.21. The predicted octanol–water partition coefficient (Wildman–Crippen LogP) is 1.36. The molecule has 18 heavy (non-hydrogen) atoms. The maximum absolute atomic E-state index is 5.44. The molecule has 0 aliphatic carbocycles. The van der Waals surface area contributed by atoms with Gasteiger partial charge in [-0.2, -0.15) is 0 Å². The summed E-state index contributed by atoms with van der Waals surface area (Å²) in [6, 6.07) is 0.637. The van der Waals surface area contributed by atoms with E-state index in [9.17, 15) is 0 Å². The Morgan fingerprint density at radius 3 is 2.61 bits per heavy atom. The number of piperidine rings is 1. The first-order valence-electron chi connectivity index (χ1n) is 7.22. The molecule has 1 saturated heterocycles. The Labute approximate surface area is 112 Å². The van der Waals surface area contributed by atoms with Gasteiger partial charge in [-0.25, -0.2) is 0 Å². The van der Waals surface area contributed by atoms with Gasteiger partial charge in [-0.3, -0.25) is 0 Å². The van der Waals surface area contributed by atoms with Gasteiger partial charge in [0.15, 0.2) is 0 Å². The molecule has 1 unspecified atom stereocenters. The summed E-state index contributed by atoms with van der Waals surface area (Å²) in [5, 5.41) is 3.63. The zero-order valence-electron chi connectivity index (χ0n) is 12.3.